The Hall–Kier alpha value is -5.97. The zero-order valence-electron chi connectivity index (χ0n) is 35.5. The van der Waals surface area contributed by atoms with Crippen LogP contribution in [0.25, 0.3) is 11.1 Å². The van der Waals surface area contributed by atoms with Crippen molar-refractivity contribution in [2.24, 2.45) is 12.5 Å². The predicted octanol–water partition coefficient (Wildman–Crippen LogP) is 4.92. The number of amides is 5. The van der Waals surface area contributed by atoms with E-state index >= 15 is 0 Å². The van der Waals surface area contributed by atoms with Crippen molar-refractivity contribution in [3.05, 3.63) is 76.2 Å². The first-order valence-corrected chi connectivity index (χ1v) is 22.3. The molecule has 1 atom stereocenters. The number of hydrogen-bond acceptors (Lipinski definition) is 10. The summed E-state index contributed by atoms with van der Waals surface area (Å²) in [6.07, 6.45) is 7.34. The van der Waals surface area contributed by atoms with E-state index in [1.165, 1.54) is 0 Å². The molecule has 3 saturated heterocycles. The topological polar surface area (TPSA) is 149 Å². The number of halogens is 2. The zero-order valence-corrected chi connectivity index (χ0v) is 35.5. The summed E-state index contributed by atoms with van der Waals surface area (Å²) in [6, 6.07) is 8.59. The fourth-order valence-corrected chi connectivity index (χ4v) is 11.6. The van der Waals surface area contributed by atoms with E-state index in [2.05, 4.69) is 29.8 Å². The summed E-state index contributed by atoms with van der Waals surface area (Å²) in [5, 5.41) is 11.8. The highest BCUT2D eigenvalue weighted by molar-refractivity contribution is 6.23. The number of imide groups is 2. The van der Waals surface area contributed by atoms with E-state index in [0.29, 0.717) is 48.8 Å². The number of carbonyl (C=O) groups excluding carboxylic acids is 5. The van der Waals surface area contributed by atoms with Gasteiger partial charge in [-0.25, -0.2) is 8.78 Å². The number of likely N-dealkylation sites (tertiary alicyclic amines) is 1. The SMILES string of the molecule is CC(=O)N1CCc2c(c(N3CCCc4cc(-c5cnn(C)c5)c(C(F)F)cc43)nn2C2CCN(C3CC4(C3)CN(c3ccc5c(c3)C(=O)N(C3CCC(=O)NC3=O)C5=O)C4)CC2)C1. The van der Waals surface area contributed by atoms with Gasteiger partial charge in [0.25, 0.3) is 18.2 Å². The molecule has 328 valence electrons. The van der Waals surface area contributed by atoms with Crippen LogP contribution in [-0.4, -0.2) is 115 Å². The van der Waals surface area contributed by atoms with Crippen LogP contribution in [0.4, 0.5) is 26.0 Å². The number of rotatable bonds is 7. The summed E-state index contributed by atoms with van der Waals surface area (Å²) in [4.78, 5) is 73.4. The van der Waals surface area contributed by atoms with Gasteiger partial charge in [0.1, 0.15) is 6.04 Å². The smallest absolute Gasteiger partial charge is 0.264 e. The molecular formula is C46H50F2N10O5. The van der Waals surface area contributed by atoms with Gasteiger partial charge in [-0.1, -0.05) is 0 Å². The van der Waals surface area contributed by atoms with Crippen molar-refractivity contribution in [2.45, 2.75) is 95.8 Å². The van der Waals surface area contributed by atoms with Gasteiger partial charge >= 0.3 is 0 Å². The lowest BCUT2D eigenvalue weighted by Crippen LogP contribution is -2.67. The van der Waals surface area contributed by atoms with E-state index in [9.17, 15) is 32.8 Å². The molecular weight excluding hydrogens is 811 g/mol. The standard InChI is InChI=1S/C46H50F2N10O5/c1-26(59)54-15-11-37-36(23-54)42(56-12-3-4-27-16-33(28-21-49-52(2)22-28)34(41(47)48)18-39(27)56)51-58(37)29-9-13-53(14-10-29)31-19-46(20-31)24-55(25-46)30-5-6-32-35(17-30)45(63)57(44(32)62)38-7-8-40(60)50-43(38)61/h5-6,16-18,21-22,29,31,38,41H,3-4,7-15,19-20,23-25H2,1-2H3,(H,50,60,61). The van der Waals surface area contributed by atoms with E-state index in [4.69, 9.17) is 5.10 Å². The minimum absolute atomic E-state index is 0.0119. The van der Waals surface area contributed by atoms with Gasteiger partial charge in [-0.3, -0.25) is 43.6 Å². The molecule has 4 fully saturated rings. The maximum absolute atomic E-state index is 14.7. The Labute approximate surface area is 362 Å². The Morgan fingerprint density at radius 1 is 0.889 bits per heavy atom. The molecule has 7 aliphatic rings. The monoisotopic (exact) mass is 860 g/mol. The third-order valence-electron chi connectivity index (χ3n) is 14.9. The lowest BCUT2D eigenvalue weighted by molar-refractivity contribution is -0.136. The van der Waals surface area contributed by atoms with Crippen molar-refractivity contribution in [3.63, 3.8) is 0 Å². The van der Waals surface area contributed by atoms with Gasteiger partial charge in [-0.15, -0.1) is 0 Å². The van der Waals surface area contributed by atoms with E-state index < -0.39 is 36.1 Å². The predicted molar refractivity (Wildman–Crippen MR) is 227 cm³/mol. The second-order valence-corrected chi connectivity index (χ2v) is 18.8. The fraction of sp³-hybridized carbons (Fsp3) is 0.500. The third kappa shape index (κ3) is 6.55. The molecule has 17 heteroatoms. The van der Waals surface area contributed by atoms with Crippen molar-refractivity contribution >= 4 is 46.7 Å². The minimum Gasteiger partial charge on any atom is -0.370 e. The summed E-state index contributed by atoms with van der Waals surface area (Å²) in [5.74, 6) is -1.22. The number of fused-ring (bicyclic) bond motifs is 3. The molecule has 0 bridgehead atoms. The van der Waals surface area contributed by atoms with Crippen molar-refractivity contribution < 1.29 is 32.8 Å². The number of aromatic nitrogens is 4. The molecule has 1 unspecified atom stereocenters. The molecule has 8 heterocycles. The quantitative estimate of drug-likeness (QED) is 0.254. The number of piperidine rings is 2. The van der Waals surface area contributed by atoms with Gasteiger partial charge in [-0.2, -0.15) is 10.2 Å². The van der Waals surface area contributed by atoms with E-state index in [0.717, 1.165) is 104 Å². The molecule has 1 N–H and O–H groups in total. The number of nitrogens with one attached hydrogen (secondary N) is 1. The number of carbonyl (C=O) groups is 5. The van der Waals surface area contributed by atoms with Crippen molar-refractivity contribution in [3.8, 4) is 11.1 Å². The zero-order chi connectivity index (χ0) is 43.5. The third-order valence-corrected chi connectivity index (χ3v) is 14.9. The summed E-state index contributed by atoms with van der Waals surface area (Å²) >= 11 is 0. The molecule has 63 heavy (non-hydrogen) atoms. The van der Waals surface area contributed by atoms with Crippen LogP contribution in [0.1, 0.15) is 107 Å². The molecule has 6 aliphatic heterocycles. The number of aryl methyl sites for hydroxylation is 2. The normalized spacial score (nSPS) is 22.7. The first-order chi connectivity index (χ1) is 30.3. The largest absolute Gasteiger partial charge is 0.370 e. The molecule has 4 aromatic rings. The second-order valence-electron chi connectivity index (χ2n) is 18.8. The number of anilines is 3. The first kappa shape index (κ1) is 39.8. The van der Waals surface area contributed by atoms with Crippen LogP contribution in [0.5, 0.6) is 0 Å². The lowest BCUT2D eigenvalue weighted by Gasteiger charge is -2.62. The highest BCUT2D eigenvalue weighted by Crippen LogP contribution is 2.52. The molecule has 2 aromatic carbocycles. The van der Waals surface area contributed by atoms with Gasteiger partial charge in [0, 0.05) is 117 Å². The van der Waals surface area contributed by atoms with Crippen molar-refractivity contribution in [2.75, 3.05) is 49.1 Å². The van der Waals surface area contributed by atoms with Crippen LogP contribution >= 0.6 is 0 Å². The van der Waals surface area contributed by atoms with Crippen LogP contribution in [0.15, 0.2) is 42.7 Å². The number of benzene rings is 2. The van der Waals surface area contributed by atoms with Gasteiger partial charge in [-0.05, 0) is 86.4 Å². The van der Waals surface area contributed by atoms with Gasteiger partial charge in [0.15, 0.2) is 5.82 Å². The van der Waals surface area contributed by atoms with Crippen LogP contribution in [-0.2, 0) is 40.8 Å². The van der Waals surface area contributed by atoms with E-state index in [-0.39, 0.29) is 41.3 Å². The van der Waals surface area contributed by atoms with Crippen molar-refractivity contribution in [1.82, 2.24) is 39.6 Å². The van der Waals surface area contributed by atoms with Crippen LogP contribution in [0.2, 0.25) is 0 Å². The highest BCUT2D eigenvalue weighted by Gasteiger charge is 2.54. The Balaban J connectivity index is 0.761. The fourth-order valence-electron chi connectivity index (χ4n) is 11.6. The molecule has 11 rings (SSSR count). The molecule has 1 spiro atoms. The van der Waals surface area contributed by atoms with Gasteiger partial charge in [0.05, 0.1) is 29.9 Å². The van der Waals surface area contributed by atoms with Crippen LogP contribution in [0.3, 0.4) is 0 Å². The average Bonchev–Trinajstić information content (AvgIpc) is 3.92. The minimum atomic E-state index is -2.67. The molecule has 1 aliphatic carbocycles. The van der Waals surface area contributed by atoms with Gasteiger partial charge < -0.3 is 19.6 Å². The lowest BCUT2D eigenvalue weighted by atomic mass is 9.60. The summed E-state index contributed by atoms with van der Waals surface area (Å²) in [5.41, 5.74) is 6.77. The first-order valence-electron chi connectivity index (χ1n) is 22.3. The Morgan fingerprint density at radius 3 is 2.38 bits per heavy atom. The summed E-state index contributed by atoms with van der Waals surface area (Å²) in [6.45, 7) is 6.96. The van der Waals surface area contributed by atoms with E-state index in [1.807, 2.05) is 17.0 Å². The Morgan fingerprint density at radius 2 is 1.67 bits per heavy atom. The molecule has 15 nitrogen and oxygen atoms in total. The average molecular weight is 861 g/mol. The number of nitrogens with zero attached hydrogens (tertiary/aromatic N) is 9. The second kappa shape index (κ2) is 14.8. The number of hydrogen-bond donors (Lipinski definition) is 1. The van der Waals surface area contributed by atoms with Crippen molar-refractivity contribution in [1.29, 1.82) is 0 Å². The highest BCUT2D eigenvalue weighted by atomic mass is 19.3. The molecule has 2 aromatic heterocycles. The maximum atomic E-state index is 14.7. The maximum Gasteiger partial charge on any atom is 0.264 e. The summed E-state index contributed by atoms with van der Waals surface area (Å²) < 4.78 is 33.3. The van der Waals surface area contributed by atoms with E-state index in [1.54, 1.807) is 49.2 Å². The molecule has 5 amide bonds. The van der Waals surface area contributed by atoms with Gasteiger partial charge in [0.2, 0.25) is 17.7 Å². The Kier molecular flexibility index (Phi) is 9.37. The number of alkyl halides is 2. The molecule has 0 radical (unpaired) electrons. The molecule has 1 saturated carbocycles. The van der Waals surface area contributed by atoms with Crippen LogP contribution < -0.4 is 15.1 Å². The summed E-state index contributed by atoms with van der Waals surface area (Å²) in [7, 11) is 1.78. The van der Waals surface area contributed by atoms with Crippen LogP contribution in [0, 0.1) is 5.41 Å². The Bertz CT molecular complexity index is 2600.